The Balaban J connectivity index is 2.00. The smallest absolute Gasteiger partial charge is 0.129 e. The normalized spacial score (nSPS) is 10.3. The zero-order valence-electron chi connectivity index (χ0n) is 10.5. The molecule has 0 radical (unpaired) electrons. The van der Waals surface area contributed by atoms with Crippen LogP contribution in [0, 0.1) is 0 Å². The molecule has 1 aromatic carbocycles. The molecule has 0 amide bonds. The summed E-state index contributed by atoms with van der Waals surface area (Å²) in [6.45, 7) is 4.12. The lowest BCUT2D eigenvalue weighted by Crippen LogP contribution is -2.05. The van der Waals surface area contributed by atoms with Crippen molar-refractivity contribution in [2.45, 2.75) is 20.1 Å². The molecule has 0 aliphatic carbocycles. The topological polar surface area (TPSA) is 47.0 Å². The lowest BCUT2D eigenvalue weighted by molar-refractivity contribution is 0.133. The van der Waals surface area contributed by atoms with Crippen LogP contribution in [-0.4, -0.2) is 16.6 Å². The van der Waals surface area contributed by atoms with Crippen LogP contribution in [0.25, 0.3) is 0 Å². The highest BCUT2D eigenvalue weighted by Gasteiger charge is 2.01. The van der Waals surface area contributed by atoms with Gasteiger partial charge in [-0.15, -0.1) is 0 Å². The van der Waals surface area contributed by atoms with Crippen LogP contribution in [0.3, 0.4) is 0 Å². The van der Waals surface area contributed by atoms with E-state index in [1.165, 1.54) is 17.5 Å². The molecule has 0 fully saturated rings. The molecule has 94 valence electrons. The summed E-state index contributed by atoms with van der Waals surface area (Å²) >= 11 is 0. The molecule has 0 atom stereocenters. The Hall–Kier alpha value is -1.94. The molecule has 0 aliphatic heterocycles. The fourth-order valence-electron chi connectivity index (χ4n) is 1.66. The van der Waals surface area contributed by atoms with Crippen molar-refractivity contribution in [1.29, 1.82) is 0 Å². The van der Waals surface area contributed by atoms with Crippen LogP contribution in [0.4, 0.5) is 5.82 Å². The van der Waals surface area contributed by atoms with Gasteiger partial charge in [-0.1, -0.05) is 24.3 Å². The van der Waals surface area contributed by atoms with E-state index < -0.39 is 0 Å². The van der Waals surface area contributed by atoms with Crippen molar-refractivity contribution in [1.82, 2.24) is 9.97 Å². The van der Waals surface area contributed by atoms with E-state index in [-0.39, 0.29) is 0 Å². The van der Waals surface area contributed by atoms with E-state index in [0.717, 1.165) is 19.0 Å². The Kier molecular flexibility index (Phi) is 4.67. The summed E-state index contributed by atoms with van der Waals surface area (Å²) in [5.74, 6) is 0.830. The summed E-state index contributed by atoms with van der Waals surface area (Å²) in [4.78, 5) is 8.02. The number of benzene rings is 1. The quantitative estimate of drug-likeness (QED) is 0.847. The fraction of sp³-hybridized carbons (Fsp3) is 0.286. The molecule has 1 aromatic heterocycles. The lowest BCUT2D eigenvalue weighted by atomic mass is 10.1. The summed E-state index contributed by atoms with van der Waals surface area (Å²) in [5.41, 5.74) is 2.44. The van der Waals surface area contributed by atoms with Gasteiger partial charge in [-0.2, -0.15) is 0 Å². The molecular weight excluding hydrogens is 226 g/mol. The number of hydrogen-bond acceptors (Lipinski definition) is 4. The zero-order valence-corrected chi connectivity index (χ0v) is 10.5. The van der Waals surface area contributed by atoms with E-state index in [2.05, 4.69) is 27.4 Å². The van der Waals surface area contributed by atoms with E-state index in [4.69, 9.17) is 4.74 Å². The summed E-state index contributed by atoms with van der Waals surface area (Å²) in [5, 5.41) is 3.27. The van der Waals surface area contributed by atoms with Crippen LogP contribution in [0.1, 0.15) is 18.1 Å². The monoisotopic (exact) mass is 243 g/mol. The van der Waals surface area contributed by atoms with E-state index in [1.807, 2.05) is 25.1 Å². The molecule has 4 heteroatoms. The average Bonchev–Trinajstić information content (AvgIpc) is 2.45. The fourth-order valence-corrected chi connectivity index (χ4v) is 1.66. The molecule has 18 heavy (non-hydrogen) atoms. The number of rotatable bonds is 6. The second-order valence-corrected chi connectivity index (χ2v) is 3.85. The minimum Gasteiger partial charge on any atom is -0.377 e. The first kappa shape index (κ1) is 12.5. The summed E-state index contributed by atoms with van der Waals surface area (Å²) in [7, 11) is 0. The Morgan fingerprint density at radius 3 is 2.72 bits per heavy atom. The molecule has 4 nitrogen and oxygen atoms in total. The van der Waals surface area contributed by atoms with Gasteiger partial charge in [0.25, 0.3) is 0 Å². The van der Waals surface area contributed by atoms with Gasteiger partial charge in [-0.3, -0.25) is 0 Å². The molecule has 0 saturated carbocycles. The van der Waals surface area contributed by atoms with Gasteiger partial charge in [0.15, 0.2) is 0 Å². The standard InChI is InChI=1S/C14H17N3O/c1-2-18-10-13-6-4-3-5-12(13)9-16-14-7-8-15-11-17-14/h3-8,11H,2,9-10H2,1H3,(H,15,16,17). The van der Waals surface area contributed by atoms with Gasteiger partial charge in [0.05, 0.1) is 6.61 Å². The Labute approximate surface area is 107 Å². The van der Waals surface area contributed by atoms with Crippen molar-refractivity contribution in [3.8, 4) is 0 Å². The Bertz CT molecular complexity index is 473. The highest BCUT2D eigenvalue weighted by Crippen LogP contribution is 2.12. The predicted molar refractivity (Wildman–Crippen MR) is 71.1 cm³/mol. The number of anilines is 1. The summed E-state index contributed by atoms with van der Waals surface area (Å²) in [6.07, 6.45) is 3.26. The third kappa shape index (κ3) is 3.53. The van der Waals surface area contributed by atoms with Crippen LogP contribution in [0.15, 0.2) is 42.9 Å². The highest BCUT2D eigenvalue weighted by atomic mass is 16.5. The molecule has 0 aliphatic rings. The van der Waals surface area contributed by atoms with Gasteiger partial charge in [-0.25, -0.2) is 9.97 Å². The molecule has 0 unspecified atom stereocenters. The van der Waals surface area contributed by atoms with E-state index in [9.17, 15) is 0 Å². The molecule has 2 rings (SSSR count). The minimum absolute atomic E-state index is 0.651. The Morgan fingerprint density at radius 1 is 1.17 bits per heavy atom. The lowest BCUT2D eigenvalue weighted by Gasteiger charge is -2.10. The number of nitrogens with zero attached hydrogens (tertiary/aromatic N) is 2. The second-order valence-electron chi connectivity index (χ2n) is 3.85. The number of aromatic nitrogens is 2. The SMILES string of the molecule is CCOCc1ccccc1CNc1ccncn1. The molecule has 2 aromatic rings. The number of ether oxygens (including phenoxy) is 1. The van der Waals surface area contributed by atoms with Gasteiger partial charge < -0.3 is 10.1 Å². The van der Waals surface area contributed by atoms with Crippen molar-refractivity contribution in [2.75, 3.05) is 11.9 Å². The van der Waals surface area contributed by atoms with Crippen LogP contribution in [-0.2, 0) is 17.9 Å². The van der Waals surface area contributed by atoms with Gasteiger partial charge >= 0.3 is 0 Å². The van der Waals surface area contributed by atoms with Gasteiger partial charge in [-0.05, 0) is 24.1 Å². The first-order valence-electron chi connectivity index (χ1n) is 6.04. The van der Waals surface area contributed by atoms with Gasteiger partial charge in [0.2, 0.25) is 0 Å². The zero-order chi connectivity index (χ0) is 12.6. The van der Waals surface area contributed by atoms with Crippen LogP contribution >= 0.6 is 0 Å². The molecule has 1 N–H and O–H groups in total. The Morgan fingerprint density at radius 2 is 2.00 bits per heavy atom. The van der Waals surface area contributed by atoms with Crippen LogP contribution in [0.2, 0.25) is 0 Å². The van der Waals surface area contributed by atoms with Crippen molar-refractivity contribution in [2.24, 2.45) is 0 Å². The van der Waals surface area contributed by atoms with E-state index >= 15 is 0 Å². The van der Waals surface area contributed by atoms with E-state index in [1.54, 1.807) is 6.20 Å². The van der Waals surface area contributed by atoms with Crippen molar-refractivity contribution < 1.29 is 4.74 Å². The summed E-state index contributed by atoms with van der Waals surface area (Å²) in [6, 6.07) is 10.1. The third-order valence-electron chi connectivity index (χ3n) is 2.62. The molecule has 0 bridgehead atoms. The van der Waals surface area contributed by atoms with Crippen molar-refractivity contribution in [3.63, 3.8) is 0 Å². The van der Waals surface area contributed by atoms with Crippen molar-refractivity contribution >= 4 is 5.82 Å². The molecule has 1 heterocycles. The number of nitrogens with one attached hydrogen (secondary N) is 1. The first-order valence-corrected chi connectivity index (χ1v) is 6.04. The van der Waals surface area contributed by atoms with Gasteiger partial charge in [0.1, 0.15) is 12.1 Å². The largest absolute Gasteiger partial charge is 0.377 e. The number of hydrogen-bond donors (Lipinski definition) is 1. The van der Waals surface area contributed by atoms with Crippen molar-refractivity contribution in [3.05, 3.63) is 54.0 Å². The van der Waals surface area contributed by atoms with Gasteiger partial charge in [0, 0.05) is 19.3 Å². The predicted octanol–water partition coefficient (Wildman–Crippen LogP) is 2.63. The maximum atomic E-state index is 5.46. The second kappa shape index (κ2) is 6.71. The average molecular weight is 243 g/mol. The van der Waals surface area contributed by atoms with E-state index in [0.29, 0.717) is 6.61 Å². The van der Waals surface area contributed by atoms with Crippen LogP contribution < -0.4 is 5.32 Å². The summed E-state index contributed by atoms with van der Waals surface area (Å²) < 4.78 is 5.46. The molecule has 0 spiro atoms. The first-order chi connectivity index (χ1) is 8.90. The molecule has 0 saturated heterocycles. The van der Waals surface area contributed by atoms with Crippen LogP contribution in [0.5, 0.6) is 0 Å². The minimum atomic E-state index is 0.651. The third-order valence-corrected chi connectivity index (χ3v) is 2.62. The molecular formula is C14H17N3O. The maximum absolute atomic E-state index is 5.46. The highest BCUT2D eigenvalue weighted by molar-refractivity contribution is 5.35. The maximum Gasteiger partial charge on any atom is 0.129 e.